The Morgan fingerprint density at radius 3 is 2.21 bits per heavy atom. The number of aliphatic hydroxyl groups is 1. The molecule has 11 heteroatoms. The molecule has 0 spiro atoms. The smallest absolute Gasteiger partial charge is 0.358 e. The van der Waals surface area contributed by atoms with Crippen LogP contribution in [0.4, 0.5) is 17.1 Å². The molecule has 0 radical (unpaired) electrons. The standard InChI is InChI=1S/C27H23N3O8/c1-3-38-21-15-13-19(14-16-21)29-25(33)24(32)22(23(31)17-7-5-4-6-8-17)27(29,26(34)37-2)28-18-9-11-20(12-10-18)30(35)36/h4-16,28,31H,3H2,1-2H3. The first kappa shape index (κ1) is 25.9. The Morgan fingerprint density at radius 2 is 1.66 bits per heavy atom. The number of nitro benzene ring substituents is 1. The minimum atomic E-state index is -2.37. The zero-order chi connectivity index (χ0) is 27.4. The third kappa shape index (κ3) is 4.41. The number of anilines is 2. The Bertz CT molecular complexity index is 1420. The van der Waals surface area contributed by atoms with E-state index in [9.17, 15) is 29.6 Å². The quantitative estimate of drug-likeness (QED) is 0.113. The van der Waals surface area contributed by atoms with Crippen molar-refractivity contribution in [3.05, 3.63) is 100 Å². The highest BCUT2D eigenvalue weighted by molar-refractivity contribution is 6.54. The SMILES string of the molecule is CCOc1ccc(N2C(=O)C(=O)C(=C(O)c3ccccc3)C2(Nc2ccc([N+](=O)[O-])cc2)C(=O)OC)cc1. The zero-order valence-corrected chi connectivity index (χ0v) is 20.4. The first-order valence-corrected chi connectivity index (χ1v) is 11.5. The van der Waals surface area contributed by atoms with E-state index >= 15 is 0 Å². The molecular formula is C27H23N3O8. The normalized spacial score (nSPS) is 18.2. The molecule has 0 bridgehead atoms. The van der Waals surface area contributed by atoms with Gasteiger partial charge in [0.25, 0.3) is 17.1 Å². The van der Waals surface area contributed by atoms with E-state index in [0.29, 0.717) is 12.4 Å². The van der Waals surface area contributed by atoms with Gasteiger partial charge in [-0.05, 0) is 43.3 Å². The fourth-order valence-corrected chi connectivity index (χ4v) is 4.21. The van der Waals surface area contributed by atoms with Crippen LogP contribution in [0, 0.1) is 10.1 Å². The van der Waals surface area contributed by atoms with Crippen LogP contribution in [-0.4, -0.2) is 47.1 Å². The van der Waals surface area contributed by atoms with Crippen molar-refractivity contribution >= 4 is 40.5 Å². The summed E-state index contributed by atoms with van der Waals surface area (Å²) >= 11 is 0. The molecule has 1 amide bonds. The summed E-state index contributed by atoms with van der Waals surface area (Å²) in [5.41, 5.74) is -2.71. The third-order valence-electron chi connectivity index (χ3n) is 5.90. The van der Waals surface area contributed by atoms with Crippen molar-refractivity contribution in [1.29, 1.82) is 0 Å². The van der Waals surface area contributed by atoms with Gasteiger partial charge in [-0.1, -0.05) is 30.3 Å². The van der Waals surface area contributed by atoms with Crippen LogP contribution in [0.5, 0.6) is 5.75 Å². The number of carbonyl (C=O) groups excluding carboxylic acids is 3. The van der Waals surface area contributed by atoms with E-state index in [0.717, 1.165) is 12.0 Å². The summed E-state index contributed by atoms with van der Waals surface area (Å²) < 4.78 is 10.5. The van der Waals surface area contributed by atoms with Gasteiger partial charge >= 0.3 is 11.9 Å². The summed E-state index contributed by atoms with van der Waals surface area (Å²) in [7, 11) is 1.07. The largest absolute Gasteiger partial charge is 0.507 e. The average Bonchev–Trinajstić information content (AvgIpc) is 3.15. The number of amides is 1. The van der Waals surface area contributed by atoms with E-state index in [2.05, 4.69) is 5.32 Å². The maximum Gasteiger partial charge on any atom is 0.358 e. The second-order valence-corrected chi connectivity index (χ2v) is 8.12. The predicted molar refractivity (Wildman–Crippen MR) is 138 cm³/mol. The lowest BCUT2D eigenvalue weighted by Gasteiger charge is -2.37. The predicted octanol–water partition coefficient (Wildman–Crippen LogP) is 3.86. The lowest BCUT2D eigenvalue weighted by molar-refractivity contribution is -0.384. The summed E-state index contributed by atoms with van der Waals surface area (Å²) in [6, 6.07) is 19.0. The van der Waals surface area contributed by atoms with Gasteiger partial charge in [0.1, 0.15) is 17.1 Å². The third-order valence-corrected chi connectivity index (χ3v) is 5.90. The fourth-order valence-electron chi connectivity index (χ4n) is 4.21. The maximum absolute atomic E-state index is 13.6. The van der Waals surface area contributed by atoms with Gasteiger partial charge in [-0.2, -0.15) is 0 Å². The zero-order valence-electron chi connectivity index (χ0n) is 20.4. The summed E-state index contributed by atoms with van der Waals surface area (Å²) in [5.74, 6) is -3.45. The van der Waals surface area contributed by atoms with Crippen LogP contribution in [0.25, 0.3) is 5.76 Å². The van der Waals surface area contributed by atoms with Crippen molar-refractivity contribution in [1.82, 2.24) is 0 Å². The summed E-state index contributed by atoms with van der Waals surface area (Å²) in [4.78, 5) is 52.0. The van der Waals surface area contributed by atoms with E-state index in [1.807, 2.05) is 0 Å². The van der Waals surface area contributed by atoms with Crippen LogP contribution in [0.2, 0.25) is 0 Å². The molecule has 38 heavy (non-hydrogen) atoms. The Morgan fingerprint density at radius 1 is 1.03 bits per heavy atom. The van der Waals surface area contributed by atoms with Gasteiger partial charge in [-0.3, -0.25) is 24.6 Å². The summed E-state index contributed by atoms with van der Waals surface area (Å²) in [5, 5.41) is 25.3. The molecule has 1 unspecified atom stereocenters. The molecule has 194 valence electrons. The highest BCUT2D eigenvalue weighted by Gasteiger charge is 2.63. The van der Waals surface area contributed by atoms with Gasteiger partial charge < -0.3 is 19.9 Å². The van der Waals surface area contributed by atoms with Crippen molar-refractivity contribution in [2.75, 3.05) is 23.9 Å². The lowest BCUT2D eigenvalue weighted by Crippen LogP contribution is -2.59. The monoisotopic (exact) mass is 517 g/mol. The van der Waals surface area contributed by atoms with Crippen molar-refractivity contribution in [2.45, 2.75) is 12.6 Å². The topological polar surface area (TPSA) is 148 Å². The first-order valence-electron chi connectivity index (χ1n) is 11.5. The molecule has 0 aliphatic carbocycles. The lowest BCUT2D eigenvalue weighted by atomic mass is 9.94. The number of methoxy groups -OCH3 is 1. The number of esters is 1. The number of nitrogens with zero attached hydrogens (tertiary/aromatic N) is 2. The van der Waals surface area contributed by atoms with Crippen LogP contribution in [0.1, 0.15) is 12.5 Å². The van der Waals surface area contributed by atoms with E-state index in [1.54, 1.807) is 37.3 Å². The number of nitrogens with one attached hydrogen (secondary N) is 1. The van der Waals surface area contributed by atoms with Crippen LogP contribution in [0.15, 0.2) is 84.4 Å². The molecule has 11 nitrogen and oxygen atoms in total. The molecule has 0 saturated carbocycles. The van der Waals surface area contributed by atoms with Crippen molar-refractivity contribution in [2.24, 2.45) is 0 Å². The van der Waals surface area contributed by atoms with E-state index in [1.165, 1.54) is 48.5 Å². The van der Waals surface area contributed by atoms with Gasteiger partial charge in [0.05, 0.1) is 18.6 Å². The number of ether oxygens (including phenoxy) is 2. The Labute approximate surface area is 217 Å². The number of ketones is 1. The van der Waals surface area contributed by atoms with Crippen molar-refractivity contribution in [3.8, 4) is 5.75 Å². The van der Waals surface area contributed by atoms with E-state index in [-0.39, 0.29) is 22.6 Å². The van der Waals surface area contributed by atoms with E-state index in [4.69, 9.17) is 9.47 Å². The molecule has 3 aromatic carbocycles. The van der Waals surface area contributed by atoms with Gasteiger partial charge in [-0.15, -0.1) is 0 Å². The number of Topliss-reactive ketones (excluding diaryl/α,β-unsaturated/α-hetero) is 1. The number of benzene rings is 3. The summed E-state index contributed by atoms with van der Waals surface area (Å²) in [6.45, 7) is 2.20. The minimum Gasteiger partial charge on any atom is -0.507 e. The minimum absolute atomic E-state index is 0.127. The average molecular weight is 517 g/mol. The number of hydrogen-bond acceptors (Lipinski definition) is 9. The second-order valence-electron chi connectivity index (χ2n) is 8.12. The molecule has 1 aliphatic heterocycles. The molecule has 0 aromatic heterocycles. The number of rotatable bonds is 8. The van der Waals surface area contributed by atoms with Gasteiger partial charge in [-0.25, -0.2) is 4.79 Å². The number of non-ortho nitro benzene ring substituents is 1. The van der Waals surface area contributed by atoms with Gasteiger partial charge in [0.15, 0.2) is 0 Å². The number of aliphatic hydroxyl groups excluding tert-OH is 1. The van der Waals surface area contributed by atoms with Crippen LogP contribution >= 0.6 is 0 Å². The summed E-state index contributed by atoms with van der Waals surface area (Å²) in [6.07, 6.45) is 0. The van der Waals surface area contributed by atoms with Gasteiger partial charge in [0.2, 0.25) is 0 Å². The molecule has 2 N–H and O–H groups in total. The number of hydrogen-bond donors (Lipinski definition) is 2. The highest BCUT2D eigenvalue weighted by atomic mass is 16.6. The molecule has 1 saturated heterocycles. The highest BCUT2D eigenvalue weighted by Crippen LogP contribution is 2.42. The maximum atomic E-state index is 13.6. The van der Waals surface area contributed by atoms with Crippen LogP contribution in [-0.2, 0) is 19.1 Å². The van der Waals surface area contributed by atoms with Crippen molar-refractivity contribution < 1.29 is 33.9 Å². The molecule has 1 fully saturated rings. The molecule has 1 aliphatic rings. The molecule has 4 rings (SSSR count). The Hall–Kier alpha value is -5.19. The van der Waals surface area contributed by atoms with Crippen LogP contribution < -0.4 is 15.0 Å². The number of carbonyl (C=O) groups is 3. The molecule has 1 heterocycles. The first-order chi connectivity index (χ1) is 18.2. The Balaban J connectivity index is 1.99. The number of nitro groups is 1. The molecule has 3 aromatic rings. The molecular weight excluding hydrogens is 494 g/mol. The second kappa shape index (κ2) is 10.4. The Kier molecular flexibility index (Phi) is 7.10. The van der Waals surface area contributed by atoms with E-state index < -0.39 is 39.6 Å². The molecule has 1 atom stereocenters. The van der Waals surface area contributed by atoms with Crippen LogP contribution in [0.3, 0.4) is 0 Å². The fraction of sp³-hybridized carbons (Fsp3) is 0.148. The van der Waals surface area contributed by atoms with Crippen molar-refractivity contribution in [3.63, 3.8) is 0 Å². The van der Waals surface area contributed by atoms with Gasteiger partial charge in [0, 0.05) is 29.1 Å².